The highest BCUT2D eigenvalue weighted by molar-refractivity contribution is 5.25. The molecule has 0 aliphatic heterocycles. The van der Waals surface area contributed by atoms with Crippen LogP contribution in [0.3, 0.4) is 0 Å². The Morgan fingerprint density at radius 1 is 1.29 bits per heavy atom. The lowest BCUT2D eigenvalue weighted by Gasteiger charge is -2.32. The van der Waals surface area contributed by atoms with Crippen molar-refractivity contribution >= 4 is 0 Å². The van der Waals surface area contributed by atoms with Crippen molar-refractivity contribution < 1.29 is 4.74 Å². The van der Waals surface area contributed by atoms with Crippen molar-refractivity contribution in [2.24, 2.45) is 11.8 Å². The molecule has 0 aromatic carbocycles. The number of nitrogens with zero attached hydrogens (tertiary/aromatic N) is 2. The monoisotopic (exact) mass is 291 g/mol. The van der Waals surface area contributed by atoms with Gasteiger partial charge in [-0.2, -0.15) is 0 Å². The highest BCUT2D eigenvalue weighted by Crippen LogP contribution is 2.32. The molecule has 2 rings (SSSR count). The van der Waals surface area contributed by atoms with Gasteiger partial charge >= 0.3 is 0 Å². The molecular weight excluding hydrogens is 262 g/mol. The van der Waals surface area contributed by atoms with Gasteiger partial charge in [-0.25, -0.2) is 9.97 Å². The molecule has 1 aliphatic carbocycles. The van der Waals surface area contributed by atoms with Crippen LogP contribution in [-0.2, 0) is 6.54 Å². The van der Waals surface area contributed by atoms with E-state index < -0.39 is 0 Å². The van der Waals surface area contributed by atoms with Crippen molar-refractivity contribution in [1.29, 1.82) is 0 Å². The van der Waals surface area contributed by atoms with Gasteiger partial charge in [-0.3, -0.25) is 0 Å². The molecule has 0 radical (unpaired) electrons. The van der Waals surface area contributed by atoms with E-state index in [1.165, 1.54) is 6.42 Å². The third kappa shape index (κ3) is 4.16. The Morgan fingerprint density at radius 3 is 2.67 bits per heavy atom. The first-order valence-electron chi connectivity index (χ1n) is 8.18. The average Bonchev–Trinajstić information content (AvgIpc) is 2.45. The first kappa shape index (κ1) is 16.2. The lowest BCUT2D eigenvalue weighted by atomic mass is 9.80. The highest BCUT2D eigenvalue weighted by Gasteiger charge is 2.26. The van der Waals surface area contributed by atoms with Gasteiger partial charge in [0.2, 0.25) is 0 Å². The second-order valence-electron chi connectivity index (χ2n) is 6.73. The molecule has 0 bridgehead atoms. The topological polar surface area (TPSA) is 47.0 Å². The molecule has 1 fully saturated rings. The van der Waals surface area contributed by atoms with Crippen LogP contribution in [0.15, 0.2) is 6.20 Å². The number of ether oxygens (including phenoxy) is 1. The van der Waals surface area contributed by atoms with Crippen LogP contribution in [-0.4, -0.2) is 23.1 Å². The summed E-state index contributed by atoms with van der Waals surface area (Å²) in [5.74, 6) is 3.61. The van der Waals surface area contributed by atoms with Crippen molar-refractivity contribution in [3.8, 4) is 5.75 Å². The van der Waals surface area contributed by atoms with Crippen LogP contribution in [0.5, 0.6) is 5.75 Å². The molecule has 1 saturated carbocycles. The van der Waals surface area contributed by atoms with E-state index in [0.717, 1.165) is 48.5 Å². The largest absolute Gasteiger partial charge is 0.487 e. The molecule has 1 N–H and O–H groups in total. The number of hydrogen-bond acceptors (Lipinski definition) is 4. The fourth-order valence-corrected chi connectivity index (χ4v) is 2.88. The Balaban J connectivity index is 2.11. The summed E-state index contributed by atoms with van der Waals surface area (Å²) in [6, 6.07) is 0. The second kappa shape index (κ2) is 7.21. The summed E-state index contributed by atoms with van der Waals surface area (Å²) in [5.41, 5.74) is 0.975. The van der Waals surface area contributed by atoms with Gasteiger partial charge in [-0.05, 0) is 38.1 Å². The predicted octanol–water partition coefficient (Wildman–Crippen LogP) is 3.52. The lowest BCUT2D eigenvalue weighted by Crippen LogP contribution is -2.29. The normalized spacial score (nSPS) is 26.1. The zero-order valence-electron chi connectivity index (χ0n) is 14.0. The minimum atomic E-state index is 0.306. The van der Waals surface area contributed by atoms with E-state index in [1.54, 1.807) is 0 Å². The maximum Gasteiger partial charge on any atom is 0.160 e. The van der Waals surface area contributed by atoms with E-state index in [-0.39, 0.29) is 0 Å². The van der Waals surface area contributed by atoms with E-state index in [4.69, 9.17) is 4.74 Å². The molecule has 1 aromatic rings. The number of hydrogen-bond donors (Lipinski definition) is 1. The summed E-state index contributed by atoms with van der Waals surface area (Å²) in [6.07, 6.45) is 5.68. The first-order chi connectivity index (χ1) is 10.0. The Kier molecular flexibility index (Phi) is 5.57. The molecule has 0 amide bonds. The quantitative estimate of drug-likeness (QED) is 0.901. The van der Waals surface area contributed by atoms with Gasteiger partial charge in [0.05, 0.1) is 18.0 Å². The van der Waals surface area contributed by atoms with Crippen LogP contribution in [0.1, 0.15) is 64.4 Å². The van der Waals surface area contributed by atoms with Crippen LogP contribution in [0, 0.1) is 11.8 Å². The number of aromatic nitrogens is 2. The van der Waals surface area contributed by atoms with Crippen LogP contribution < -0.4 is 10.1 Å². The van der Waals surface area contributed by atoms with Gasteiger partial charge in [-0.1, -0.05) is 27.7 Å². The summed E-state index contributed by atoms with van der Waals surface area (Å²) in [4.78, 5) is 9.12. The van der Waals surface area contributed by atoms with E-state index in [0.29, 0.717) is 12.0 Å². The maximum atomic E-state index is 6.23. The van der Waals surface area contributed by atoms with Crippen molar-refractivity contribution in [3.05, 3.63) is 17.7 Å². The fraction of sp³-hybridized carbons (Fsp3) is 0.765. The van der Waals surface area contributed by atoms with Gasteiger partial charge in [0.1, 0.15) is 5.82 Å². The Hall–Kier alpha value is -1.16. The Morgan fingerprint density at radius 2 is 2.05 bits per heavy atom. The van der Waals surface area contributed by atoms with Crippen LogP contribution in [0.4, 0.5) is 0 Å². The van der Waals surface area contributed by atoms with Gasteiger partial charge in [-0.15, -0.1) is 0 Å². The van der Waals surface area contributed by atoms with Gasteiger partial charge in [0.25, 0.3) is 0 Å². The molecule has 0 saturated heterocycles. The number of nitrogens with one attached hydrogen (secondary N) is 1. The molecule has 21 heavy (non-hydrogen) atoms. The molecule has 4 heteroatoms. The standard InChI is InChI=1S/C17H29N3O/c1-11(2)17-19-10-16(15(20-17)9-18-5)21-14-7-6-12(3)13(4)8-14/h10-14,18H,6-9H2,1-5H3. The molecule has 3 unspecified atom stereocenters. The zero-order chi connectivity index (χ0) is 15.4. The van der Waals surface area contributed by atoms with Gasteiger partial charge in [0, 0.05) is 12.5 Å². The maximum absolute atomic E-state index is 6.23. The first-order valence-corrected chi connectivity index (χ1v) is 8.18. The molecule has 1 aromatic heterocycles. The van der Waals surface area contributed by atoms with Gasteiger partial charge < -0.3 is 10.1 Å². The summed E-state index contributed by atoms with van der Waals surface area (Å²) in [6.45, 7) is 9.61. The molecule has 0 spiro atoms. The Labute approximate surface area is 128 Å². The van der Waals surface area contributed by atoms with E-state index >= 15 is 0 Å². The van der Waals surface area contributed by atoms with Crippen molar-refractivity contribution in [3.63, 3.8) is 0 Å². The summed E-state index contributed by atoms with van der Waals surface area (Å²) >= 11 is 0. The van der Waals surface area contributed by atoms with E-state index in [9.17, 15) is 0 Å². The molecule has 3 atom stereocenters. The summed E-state index contributed by atoms with van der Waals surface area (Å²) in [5, 5.41) is 3.17. The average molecular weight is 291 g/mol. The van der Waals surface area contributed by atoms with Crippen LogP contribution in [0.25, 0.3) is 0 Å². The fourth-order valence-electron chi connectivity index (χ4n) is 2.88. The SMILES string of the molecule is CNCc1nc(C(C)C)ncc1OC1CCC(C)C(C)C1. The molecule has 1 heterocycles. The van der Waals surface area contributed by atoms with Crippen molar-refractivity contribution in [1.82, 2.24) is 15.3 Å². The van der Waals surface area contributed by atoms with Crippen molar-refractivity contribution in [2.45, 2.75) is 65.5 Å². The summed E-state index contributed by atoms with van der Waals surface area (Å²) in [7, 11) is 1.94. The Bertz CT molecular complexity index is 461. The minimum absolute atomic E-state index is 0.306. The molecule has 4 nitrogen and oxygen atoms in total. The van der Waals surface area contributed by atoms with Crippen molar-refractivity contribution in [2.75, 3.05) is 7.05 Å². The van der Waals surface area contributed by atoms with E-state index in [2.05, 4.69) is 43.0 Å². The molecule has 1 aliphatic rings. The van der Waals surface area contributed by atoms with Crippen LogP contribution in [0.2, 0.25) is 0 Å². The lowest BCUT2D eigenvalue weighted by molar-refractivity contribution is 0.0986. The third-order valence-electron chi connectivity index (χ3n) is 4.55. The molecule has 118 valence electrons. The zero-order valence-corrected chi connectivity index (χ0v) is 14.0. The minimum Gasteiger partial charge on any atom is -0.487 e. The predicted molar refractivity (Wildman–Crippen MR) is 85.5 cm³/mol. The third-order valence-corrected chi connectivity index (χ3v) is 4.55. The molecular formula is C17H29N3O. The summed E-state index contributed by atoms with van der Waals surface area (Å²) < 4.78 is 6.23. The second-order valence-corrected chi connectivity index (χ2v) is 6.73. The highest BCUT2D eigenvalue weighted by atomic mass is 16.5. The van der Waals surface area contributed by atoms with Gasteiger partial charge in [0.15, 0.2) is 5.75 Å². The van der Waals surface area contributed by atoms with E-state index in [1.807, 2.05) is 13.2 Å². The smallest absolute Gasteiger partial charge is 0.160 e. The van der Waals surface area contributed by atoms with Crippen LogP contribution >= 0.6 is 0 Å². The number of rotatable bonds is 5.